The molecule has 0 aliphatic carbocycles. The Balaban J connectivity index is 2.07. The predicted molar refractivity (Wildman–Crippen MR) is 116 cm³/mol. The Hall–Kier alpha value is -2.23. The van der Waals surface area contributed by atoms with Crippen molar-refractivity contribution in [1.82, 2.24) is 9.62 Å². The Morgan fingerprint density at radius 1 is 1.07 bits per heavy atom. The zero-order chi connectivity index (χ0) is 21.8. The smallest absolute Gasteiger partial charge is 0.251 e. The number of hydrogen-bond acceptors (Lipinski definition) is 4. The summed E-state index contributed by atoms with van der Waals surface area (Å²) in [6.07, 6.45) is 0. The monoisotopic (exact) mass is 481 g/mol. The molecule has 0 saturated carbocycles. The molecule has 0 bridgehead atoms. The summed E-state index contributed by atoms with van der Waals surface area (Å²) in [5, 5.41) is 5.57. The summed E-state index contributed by atoms with van der Waals surface area (Å²) >= 11 is 3.22. The number of carbonyl (C=O) groups is 2. The van der Waals surface area contributed by atoms with Gasteiger partial charge in [-0.1, -0.05) is 26.0 Å². The molecule has 0 atom stereocenters. The number of carbonyl (C=O) groups excluding carboxylic acids is 2. The molecule has 2 N–H and O–H groups in total. The molecule has 0 fully saturated rings. The average molecular weight is 482 g/mol. The van der Waals surface area contributed by atoms with E-state index in [-0.39, 0.29) is 34.7 Å². The maximum absolute atomic E-state index is 12.5. The van der Waals surface area contributed by atoms with Gasteiger partial charge in [0.05, 0.1) is 4.90 Å². The van der Waals surface area contributed by atoms with Gasteiger partial charge in [-0.2, -0.15) is 0 Å². The summed E-state index contributed by atoms with van der Waals surface area (Å²) in [5.41, 5.74) is 1.78. The number of nitrogens with one attached hydrogen (secondary N) is 2. The Morgan fingerprint density at radius 3 is 2.24 bits per heavy atom. The molecule has 0 heterocycles. The van der Waals surface area contributed by atoms with Crippen LogP contribution in [0.3, 0.4) is 0 Å². The highest BCUT2D eigenvalue weighted by Gasteiger charge is 2.22. The SMILES string of the molecule is CC(C)C(=O)Nc1ccc(CNC(=O)c2ccc(Br)c(S(=O)(=O)N(C)C)c2)cc1. The summed E-state index contributed by atoms with van der Waals surface area (Å²) in [4.78, 5) is 24.2. The fraction of sp³-hybridized carbons (Fsp3) is 0.300. The van der Waals surface area contributed by atoms with Crippen molar-refractivity contribution < 1.29 is 18.0 Å². The minimum absolute atomic E-state index is 0.0281. The average Bonchev–Trinajstić information content (AvgIpc) is 2.67. The van der Waals surface area contributed by atoms with Gasteiger partial charge in [0.25, 0.3) is 5.91 Å². The van der Waals surface area contributed by atoms with Gasteiger partial charge in [-0.15, -0.1) is 0 Å². The van der Waals surface area contributed by atoms with Crippen LogP contribution in [0.25, 0.3) is 0 Å². The zero-order valence-corrected chi connectivity index (χ0v) is 19.1. The lowest BCUT2D eigenvalue weighted by Gasteiger charge is -2.14. The van der Waals surface area contributed by atoms with E-state index < -0.39 is 10.0 Å². The number of anilines is 1. The van der Waals surface area contributed by atoms with Crippen LogP contribution < -0.4 is 10.6 Å². The molecule has 2 rings (SSSR count). The van der Waals surface area contributed by atoms with Crippen molar-refractivity contribution in [3.8, 4) is 0 Å². The first-order chi connectivity index (χ1) is 13.5. The number of halogens is 1. The van der Waals surface area contributed by atoms with Crippen molar-refractivity contribution >= 4 is 43.5 Å². The molecule has 2 amide bonds. The van der Waals surface area contributed by atoms with E-state index in [1.54, 1.807) is 30.3 Å². The standard InChI is InChI=1S/C20H24BrN3O4S/c1-13(2)19(25)23-16-8-5-14(6-9-16)12-22-20(26)15-7-10-17(21)18(11-15)29(27,28)24(3)4/h5-11,13H,12H2,1-4H3,(H,22,26)(H,23,25). The van der Waals surface area contributed by atoms with E-state index in [1.165, 1.54) is 26.2 Å². The van der Waals surface area contributed by atoms with Gasteiger partial charge in [-0.25, -0.2) is 12.7 Å². The largest absolute Gasteiger partial charge is 0.348 e. The van der Waals surface area contributed by atoms with Gasteiger partial charge in [0.15, 0.2) is 0 Å². The minimum Gasteiger partial charge on any atom is -0.348 e. The second-order valence-electron chi connectivity index (χ2n) is 6.96. The van der Waals surface area contributed by atoms with E-state index in [9.17, 15) is 18.0 Å². The van der Waals surface area contributed by atoms with E-state index >= 15 is 0 Å². The van der Waals surface area contributed by atoms with Crippen molar-refractivity contribution in [2.24, 2.45) is 5.92 Å². The lowest BCUT2D eigenvalue weighted by Crippen LogP contribution is -2.25. The molecular formula is C20H24BrN3O4S. The Kier molecular flexibility index (Phi) is 7.56. The normalized spacial score (nSPS) is 11.6. The number of hydrogen-bond donors (Lipinski definition) is 2. The van der Waals surface area contributed by atoms with Gasteiger partial charge in [-0.3, -0.25) is 9.59 Å². The minimum atomic E-state index is -3.68. The third kappa shape index (κ3) is 5.88. The fourth-order valence-corrected chi connectivity index (χ4v) is 4.16. The molecule has 7 nitrogen and oxygen atoms in total. The highest BCUT2D eigenvalue weighted by Crippen LogP contribution is 2.25. The fourth-order valence-electron chi connectivity index (χ4n) is 2.32. The molecular weight excluding hydrogens is 458 g/mol. The predicted octanol–water partition coefficient (Wildman–Crippen LogP) is 3.22. The maximum Gasteiger partial charge on any atom is 0.251 e. The Morgan fingerprint density at radius 2 is 1.69 bits per heavy atom. The summed E-state index contributed by atoms with van der Waals surface area (Å²) in [6.45, 7) is 3.90. The number of sulfonamides is 1. The van der Waals surface area contributed by atoms with Crippen LogP contribution in [0.1, 0.15) is 29.8 Å². The molecule has 0 unspecified atom stereocenters. The molecule has 0 radical (unpaired) electrons. The Bertz CT molecular complexity index is 1000. The third-order valence-corrected chi connectivity index (χ3v) is 6.96. The van der Waals surface area contributed by atoms with Crippen LogP contribution in [0.5, 0.6) is 0 Å². The quantitative estimate of drug-likeness (QED) is 0.634. The van der Waals surface area contributed by atoms with E-state index in [4.69, 9.17) is 0 Å². The molecule has 2 aromatic rings. The molecule has 0 aliphatic heterocycles. The van der Waals surface area contributed by atoms with Crippen LogP contribution in [0.15, 0.2) is 51.8 Å². The van der Waals surface area contributed by atoms with Gasteiger partial charge in [0, 0.05) is 42.3 Å². The van der Waals surface area contributed by atoms with Gasteiger partial charge in [0.1, 0.15) is 0 Å². The summed E-state index contributed by atoms with van der Waals surface area (Å²) < 4.78 is 26.3. The first-order valence-corrected chi connectivity index (χ1v) is 11.2. The first-order valence-electron chi connectivity index (χ1n) is 8.92. The molecule has 0 aromatic heterocycles. The van der Waals surface area contributed by atoms with E-state index in [2.05, 4.69) is 26.6 Å². The molecule has 156 valence electrons. The lowest BCUT2D eigenvalue weighted by molar-refractivity contribution is -0.118. The van der Waals surface area contributed by atoms with Crippen LogP contribution >= 0.6 is 15.9 Å². The highest BCUT2D eigenvalue weighted by molar-refractivity contribution is 9.10. The molecule has 0 spiro atoms. The topological polar surface area (TPSA) is 95.6 Å². The molecule has 0 saturated heterocycles. The number of benzene rings is 2. The highest BCUT2D eigenvalue weighted by atomic mass is 79.9. The summed E-state index contributed by atoms with van der Waals surface area (Å²) in [7, 11) is -0.815. The molecule has 0 aliphatic rings. The van der Waals surface area contributed by atoms with Crippen molar-refractivity contribution in [3.63, 3.8) is 0 Å². The molecule has 2 aromatic carbocycles. The lowest BCUT2D eigenvalue weighted by atomic mass is 10.1. The van der Waals surface area contributed by atoms with Crippen molar-refractivity contribution in [1.29, 1.82) is 0 Å². The van der Waals surface area contributed by atoms with Crippen LogP contribution in [0.2, 0.25) is 0 Å². The van der Waals surface area contributed by atoms with Crippen LogP contribution in [0, 0.1) is 5.92 Å². The zero-order valence-electron chi connectivity index (χ0n) is 16.7. The van der Waals surface area contributed by atoms with Gasteiger partial charge in [0.2, 0.25) is 15.9 Å². The number of amides is 2. The summed E-state index contributed by atoms with van der Waals surface area (Å²) in [6, 6.07) is 11.6. The van der Waals surface area contributed by atoms with Crippen molar-refractivity contribution in [3.05, 3.63) is 58.1 Å². The molecule has 9 heteroatoms. The van der Waals surface area contributed by atoms with Gasteiger partial charge in [-0.05, 0) is 51.8 Å². The second kappa shape index (κ2) is 9.51. The van der Waals surface area contributed by atoms with Gasteiger partial charge < -0.3 is 10.6 Å². The van der Waals surface area contributed by atoms with Gasteiger partial charge >= 0.3 is 0 Å². The van der Waals surface area contributed by atoms with E-state index in [1.807, 2.05) is 13.8 Å². The van der Waals surface area contributed by atoms with Crippen molar-refractivity contribution in [2.75, 3.05) is 19.4 Å². The Labute approximate surface area is 179 Å². The van der Waals surface area contributed by atoms with Crippen LogP contribution in [-0.2, 0) is 21.4 Å². The maximum atomic E-state index is 12.5. The number of rotatable bonds is 7. The van der Waals surface area contributed by atoms with Crippen molar-refractivity contribution in [2.45, 2.75) is 25.3 Å². The van der Waals surface area contributed by atoms with E-state index in [0.29, 0.717) is 10.2 Å². The summed E-state index contributed by atoms with van der Waals surface area (Å²) in [5.74, 6) is -0.560. The number of nitrogens with zero attached hydrogens (tertiary/aromatic N) is 1. The molecule has 29 heavy (non-hydrogen) atoms. The van der Waals surface area contributed by atoms with E-state index in [0.717, 1.165) is 9.87 Å². The third-order valence-electron chi connectivity index (χ3n) is 4.15. The first kappa shape index (κ1) is 23.1. The second-order valence-corrected chi connectivity index (χ2v) is 9.93. The van der Waals surface area contributed by atoms with Crippen LogP contribution in [-0.4, -0.2) is 38.6 Å². The van der Waals surface area contributed by atoms with Crippen LogP contribution in [0.4, 0.5) is 5.69 Å².